The summed E-state index contributed by atoms with van der Waals surface area (Å²) in [6.07, 6.45) is 2.54. The van der Waals surface area contributed by atoms with Gasteiger partial charge in [-0.05, 0) is 56.5 Å². The molecule has 1 saturated heterocycles. The van der Waals surface area contributed by atoms with E-state index in [9.17, 15) is 13.2 Å². The number of nitrogens with one attached hydrogen (secondary N) is 3. The lowest BCUT2D eigenvalue weighted by Crippen LogP contribution is -2.48. The second kappa shape index (κ2) is 8.56. The van der Waals surface area contributed by atoms with E-state index >= 15 is 0 Å². The van der Waals surface area contributed by atoms with Crippen molar-refractivity contribution >= 4 is 28.3 Å². The Hall–Kier alpha value is -1.35. The molecule has 3 rings (SSSR count). The smallest absolute Gasteiger partial charge is 0.251 e. The van der Waals surface area contributed by atoms with Gasteiger partial charge in [0.15, 0.2) is 0 Å². The van der Waals surface area contributed by atoms with Crippen molar-refractivity contribution in [3.8, 4) is 5.75 Å². The van der Waals surface area contributed by atoms with Crippen LogP contribution in [-0.2, 0) is 10.0 Å². The van der Waals surface area contributed by atoms with Crippen LogP contribution < -0.4 is 20.1 Å². The molecule has 7 nitrogen and oxygen atoms in total. The minimum Gasteiger partial charge on any atom is -0.495 e. The summed E-state index contributed by atoms with van der Waals surface area (Å²) in [4.78, 5) is 12.6. The van der Waals surface area contributed by atoms with Crippen LogP contribution in [0.5, 0.6) is 5.75 Å². The van der Waals surface area contributed by atoms with Crippen LogP contribution in [-0.4, -0.2) is 46.6 Å². The predicted octanol–water partition coefficient (Wildman–Crippen LogP) is 1.29. The van der Waals surface area contributed by atoms with Gasteiger partial charge in [-0.3, -0.25) is 4.79 Å². The molecule has 26 heavy (non-hydrogen) atoms. The van der Waals surface area contributed by atoms with Crippen LogP contribution in [0.4, 0.5) is 0 Å². The molecule has 1 aliphatic carbocycles. The van der Waals surface area contributed by atoms with E-state index in [0.717, 1.165) is 32.4 Å². The number of halogens is 1. The van der Waals surface area contributed by atoms with E-state index in [2.05, 4.69) is 22.3 Å². The number of piperidine rings is 1. The first-order valence-corrected chi connectivity index (χ1v) is 10.1. The second-order valence-corrected chi connectivity index (χ2v) is 8.49. The Balaban J connectivity index is 0.00000243. The van der Waals surface area contributed by atoms with E-state index < -0.39 is 10.0 Å². The number of carbonyl (C=O) groups is 1. The molecule has 3 N–H and O–H groups in total. The van der Waals surface area contributed by atoms with Gasteiger partial charge in [0.2, 0.25) is 10.0 Å². The molecule has 9 heteroatoms. The van der Waals surface area contributed by atoms with E-state index in [1.807, 2.05) is 0 Å². The van der Waals surface area contributed by atoms with Gasteiger partial charge in [-0.2, -0.15) is 0 Å². The number of ether oxygens (including phenoxy) is 1. The Labute approximate surface area is 160 Å². The van der Waals surface area contributed by atoms with Crippen molar-refractivity contribution in [1.29, 1.82) is 0 Å². The highest BCUT2D eigenvalue weighted by molar-refractivity contribution is 7.89. The largest absolute Gasteiger partial charge is 0.495 e. The molecule has 1 amide bonds. The molecule has 0 bridgehead atoms. The second-order valence-electron chi connectivity index (χ2n) is 6.81. The maximum atomic E-state index is 12.6. The maximum absolute atomic E-state index is 12.6. The quantitative estimate of drug-likeness (QED) is 0.665. The van der Waals surface area contributed by atoms with Gasteiger partial charge in [0.05, 0.1) is 7.11 Å². The number of benzene rings is 1. The predicted molar refractivity (Wildman–Crippen MR) is 101 cm³/mol. The minimum atomic E-state index is -3.70. The van der Waals surface area contributed by atoms with Crippen molar-refractivity contribution in [3.63, 3.8) is 0 Å². The molecule has 2 unspecified atom stereocenters. The van der Waals surface area contributed by atoms with Gasteiger partial charge in [-0.25, -0.2) is 13.1 Å². The molecule has 2 atom stereocenters. The van der Waals surface area contributed by atoms with Gasteiger partial charge >= 0.3 is 0 Å². The summed E-state index contributed by atoms with van der Waals surface area (Å²) in [6.45, 7) is 3.81. The fourth-order valence-corrected chi connectivity index (χ4v) is 4.49. The fourth-order valence-electron chi connectivity index (χ4n) is 2.99. The molecular weight excluding hydrogens is 378 g/mol. The molecule has 0 radical (unpaired) electrons. The zero-order valence-corrected chi connectivity index (χ0v) is 16.6. The van der Waals surface area contributed by atoms with Gasteiger partial charge < -0.3 is 15.4 Å². The maximum Gasteiger partial charge on any atom is 0.251 e. The van der Waals surface area contributed by atoms with Crippen LogP contribution in [0.1, 0.15) is 36.5 Å². The van der Waals surface area contributed by atoms with E-state index in [1.54, 1.807) is 6.07 Å². The zero-order valence-electron chi connectivity index (χ0n) is 14.9. The topological polar surface area (TPSA) is 96.5 Å². The van der Waals surface area contributed by atoms with Crippen LogP contribution in [0.25, 0.3) is 0 Å². The van der Waals surface area contributed by atoms with Crippen LogP contribution in [0.15, 0.2) is 23.1 Å². The third-order valence-electron chi connectivity index (χ3n) is 4.72. The summed E-state index contributed by atoms with van der Waals surface area (Å²) in [5.41, 5.74) is 0.322. The number of carbonyl (C=O) groups excluding carboxylic acids is 1. The van der Waals surface area contributed by atoms with E-state index in [-0.39, 0.29) is 41.0 Å². The number of hydrogen-bond donors (Lipinski definition) is 3. The summed E-state index contributed by atoms with van der Waals surface area (Å²) < 4.78 is 32.9. The average molecular weight is 404 g/mol. The van der Waals surface area contributed by atoms with E-state index in [1.165, 1.54) is 19.2 Å². The van der Waals surface area contributed by atoms with Crippen LogP contribution in [0.3, 0.4) is 0 Å². The SMILES string of the molecule is COc1ccc(C(=O)NC2CCNCC2C)cc1S(=O)(=O)NC1CC1.Cl. The van der Waals surface area contributed by atoms with Crippen molar-refractivity contribution in [2.45, 2.75) is 43.2 Å². The normalized spacial score (nSPS) is 23.0. The van der Waals surface area contributed by atoms with Crippen molar-refractivity contribution in [2.24, 2.45) is 5.92 Å². The fraction of sp³-hybridized carbons (Fsp3) is 0.588. The third kappa shape index (κ3) is 4.88. The van der Waals surface area contributed by atoms with Gasteiger partial charge in [-0.15, -0.1) is 12.4 Å². The molecule has 2 fully saturated rings. The van der Waals surface area contributed by atoms with Gasteiger partial charge in [0.1, 0.15) is 10.6 Å². The van der Waals surface area contributed by atoms with Crippen molar-refractivity contribution in [2.75, 3.05) is 20.2 Å². The lowest BCUT2D eigenvalue weighted by Gasteiger charge is -2.30. The first-order chi connectivity index (χ1) is 11.9. The number of sulfonamides is 1. The van der Waals surface area contributed by atoms with Gasteiger partial charge in [0.25, 0.3) is 5.91 Å². The van der Waals surface area contributed by atoms with Gasteiger partial charge in [0, 0.05) is 17.6 Å². The highest BCUT2D eigenvalue weighted by atomic mass is 35.5. The molecule has 1 aromatic rings. The van der Waals surface area contributed by atoms with Crippen LogP contribution >= 0.6 is 12.4 Å². The van der Waals surface area contributed by atoms with E-state index in [0.29, 0.717) is 11.5 Å². The molecule has 0 aromatic heterocycles. The van der Waals surface area contributed by atoms with Crippen molar-refractivity contribution in [1.82, 2.24) is 15.4 Å². The Morgan fingerprint density at radius 3 is 2.62 bits per heavy atom. The summed E-state index contributed by atoms with van der Waals surface area (Å²) >= 11 is 0. The lowest BCUT2D eigenvalue weighted by molar-refractivity contribution is 0.0914. The zero-order chi connectivity index (χ0) is 18.0. The highest BCUT2D eigenvalue weighted by Gasteiger charge is 2.31. The molecule has 1 heterocycles. The summed E-state index contributed by atoms with van der Waals surface area (Å²) in [7, 11) is -2.29. The molecule has 146 valence electrons. The number of amides is 1. The molecule has 1 aromatic carbocycles. The first-order valence-electron chi connectivity index (χ1n) is 8.62. The van der Waals surface area contributed by atoms with Crippen LogP contribution in [0.2, 0.25) is 0 Å². The molecule has 2 aliphatic rings. The molecule has 1 aliphatic heterocycles. The Bertz CT molecular complexity index is 752. The lowest BCUT2D eigenvalue weighted by atomic mass is 9.95. The van der Waals surface area contributed by atoms with Crippen LogP contribution in [0, 0.1) is 5.92 Å². The molecular formula is C17H26ClN3O4S. The summed E-state index contributed by atoms with van der Waals surface area (Å²) in [5.74, 6) is 0.305. The molecule has 0 spiro atoms. The highest BCUT2D eigenvalue weighted by Crippen LogP contribution is 2.28. The number of rotatable bonds is 6. The Morgan fingerprint density at radius 2 is 2.00 bits per heavy atom. The number of methoxy groups -OCH3 is 1. The Kier molecular flexibility index (Phi) is 6.90. The standard InChI is InChI=1S/C17H25N3O4S.ClH/c1-11-10-18-8-7-14(11)19-17(21)12-3-6-15(24-2)16(9-12)25(22,23)20-13-4-5-13;/h3,6,9,11,13-14,18,20H,4-5,7-8,10H2,1-2H3,(H,19,21);1H. The summed E-state index contributed by atoms with van der Waals surface area (Å²) in [5, 5.41) is 6.31. The number of hydrogen-bond acceptors (Lipinski definition) is 5. The van der Waals surface area contributed by atoms with E-state index in [4.69, 9.17) is 4.74 Å². The monoisotopic (exact) mass is 403 g/mol. The summed E-state index contributed by atoms with van der Waals surface area (Å²) in [6, 6.07) is 4.59. The Morgan fingerprint density at radius 1 is 1.27 bits per heavy atom. The molecule has 1 saturated carbocycles. The van der Waals surface area contributed by atoms with Crippen molar-refractivity contribution in [3.05, 3.63) is 23.8 Å². The first kappa shape index (κ1) is 21.0. The van der Waals surface area contributed by atoms with Crippen molar-refractivity contribution < 1.29 is 17.9 Å². The van der Waals surface area contributed by atoms with Gasteiger partial charge in [-0.1, -0.05) is 6.92 Å². The third-order valence-corrected chi connectivity index (χ3v) is 6.26. The average Bonchev–Trinajstić information content (AvgIpc) is 3.39. The minimum absolute atomic E-state index is 0.